The van der Waals surface area contributed by atoms with Crippen molar-refractivity contribution in [1.29, 1.82) is 0 Å². The van der Waals surface area contributed by atoms with Gasteiger partial charge < -0.3 is 11.1 Å². The van der Waals surface area contributed by atoms with Crippen molar-refractivity contribution in [3.8, 4) is 0 Å². The monoisotopic (exact) mass is 282 g/mol. The Bertz CT molecular complexity index is 656. The Balaban J connectivity index is 1.69. The average molecular weight is 282 g/mol. The molecule has 1 aliphatic rings. The molecule has 1 aliphatic carbocycles. The molecule has 3 rings (SSSR count). The molecule has 1 atom stereocenters. The Morgan fingerprint density at radius 3 is 2.95 bits per heavy atom. The van der Waals surface area contributed by atoms with Gasteiger partial charge in [-0.2, -0.15) is 0 Å². The summed E-state index contributed by atoms with van der Waals surface area (Å²) in [5.41, 5.74) is 8.60. The number of anilines is 1. The summed E-state index contributed by atoms with van der Waals surface area (Å²) in [6.07, 6.45) is 6.32. The third kappa shape index (κ3) is 2.86. The molecule has 1 amide bonds. The first-order valence-corrected chi connectivity index (χ1v) is 7.18. The number of aryl methyl sites for hydroxylation is 1. The average Bonchev–Trinajstić information content (AvgIpc) is 2.53. The van der Waals surface area contributed by atoms with Crippen LogP contribution in [0, 0.1) is 0 Å². The van der Waals surface area contributed by atoms with Gasteiger partial charge in [-0.15, -0.1) is 0 Å². The minimum absolute atomic E-state index is 0.166. The van der Waals surface area contributed by atoms with Gasteiger partial charge in [-0.05, 0) is 30.4 Å². The molecule has 0 aliphatic heterocycles. The second kappa shape index (κ2) is 5.91. The quantitative estimate of drug-likeness (QED) is 0.901. The van der Waals surface area contributed by atoms with Crippen LogP contribution in [0.2, 0.25) is 0 Å². The molecular weight excluding hydrogens is 264 g/mol. The molecule has 0 radical (unpaired) electrons. The topological polar surface area (TPSA) is 80.9 Å². The number of hydrogen-bond acceptors (Lipinski definition) is 4. The molecule has 1 heterocycles. The molecule has 5 nitrogen and oxygen atoms in total. The molecule has 0 fully saturated rings. The maximum Gasteiger partial charge on any atom is 0.273 e. The zero-order valence-corrected chi connectivity index (χ0v) is 11.7. The number of aromatic nitrogens is 2. The summed E-state index contributed by atoms with van der Waals surface area (Å²) in [4.78, 5) is 20.0. The van der Waals surface area contributed by atoms with Gasteiger partial charge in [0.15, 0.2) is 11.5 Å². The lowest BCUT2D eigenvalue weighted by atomic mass is 9.83. The Labute approximate surface area is 123 Å². The van der Waals surface area contributed by atoms with Crippen molar-refractivity contribution in [2.45, 2.75) is 25.2 Å². The van der Waals surface area contributed by atoms with E-state index >= 15 is 0 Å². The molecule has 1 aromatic heterocycles. The van der Waals surface area contributed by atoms with E-state index in [0.717, 1.165) is 19.3 Å². The van der Waals surface area contributed by atoms with Crippen LogP contribution in [0.15, 0.2) is 36.7 Å². The predicted molar refractivity (Wildman–Crippen MR) is 80.9 cm³/mol. The molecule has 0 saturated carbocycles. The summed E-state index contributed by atoms with van der Waals surface area (Å²) in [5, 5.41) is 2.93. The van der Waals surface area contributed by atoms with Crippen molar-refractivity contribution in [3.63, 3.8) is 0 Å². The van der Waals surface area contributed by atoms with Gasteiger partial charge in [0.25, 0.3) is 5.91 Å². The van der Waals surface area contributed by atoms with E-state index in [-0.39, 0.29) is 17.4 Å². The van der Waals surface area contributed by atoms with E-state index in [9.17, 15) is 4.79 Å². The molecule has 21 heavy (non-hydrogen) atoms. The normalized spacial score (nSPS) is 17.0. The lowest BCUT2D eigenvalue weighted by Crippen LogP contribution is -2.31. The Morgan fingerprint density at radius 1 is 1.29 bits per heavy atom. The van der Waals surface area contributed by atoms with Crippen molar-refractivity contribution in [1.82, 2.24) is 15.3 Å². The number of amides is 1. The van der Waals surface area contributed by atoms with Gasteiger partial charge in [0.2, 0.25) is 0 Å². The lowest BCUT2D eigenvalue weighted by molar-refractivity contribution is 0.0946. The first-order chi connectivity index (χ1) is 10.3. The van der Waals surface area contributed by atoms with Crippen LogP contribution in [0.3, 0.4) is 0 Å². The first kappa shape index (κ1) is 13.5. The number of nitrogens with one attached hydrogen (secondary N) is 1. The predicted octanol–water partition coefficient (Wildman–Crippen LogP) is 1.91. The molecule has 108 valence electrons. The van der Waals surface area contributed by atoms with E-state index in [0.29, 0.717) is 12.5 Å². The molecule has 1 aromatic carbocycles. The smallest absolute Gasteiger partial charge is 0.273 e. The summed E-state index contributed by atoms with van der Waals surface area (Å²) in [6, 6.07) is 8.45. The van der Waals surface area contributed by atoms with Crippen molar-refractivity contribution < 1.29 is 4.79 Å². The second-order valence-electron chi connectivity index (χ2n) is 5.29. The molecule has 0 bridgehead atoms. The van der Waals surface area contributed by atoms with Gasteiger partial charge in [-0.25, -0.2) is 9.97 Å². The van der Waals surface area contributed by atoms with E-state index < -0.39 is 0 Å². The number of hydrogen-bond donors (Lipinski definition) is 2. The van der Waals surface area contributed by atoms with Crippen molar-refractivity contribution >= 4 is 11.7 Å². The van der Waals surface area contributed by atoms with Gasteiger partial charge in [-0.1, -0.05) is 24.3 Å². The van der Waals surface area contributed by atoms with Gasteiger partial charge in [0.05, 0.1) is 0 Å². The molecular formula is C16H18N4O. The highest BCUT2D eigenvalue weighted by Gasteiger charge is 2.21. The second-order valence-corrected chi connectivity index (χ2v) is 5.29. The summed E-state index contributed by atoms with van der Waals surface area (Å²) in [6.45, 7) is 0.603. The van der Waals surface area contributed by atoms with Crippen molar-refractivity contribution in [3.05, 3.63) is 53.5 Å². The van der Waals surface area contributed by atoms with Gasteiger partial charge in [-0.3, -0.25) is 4.79 Å². The van der Waals surface area contributed by atoms with Gasteiger partial charge in [0, 0.05) is 24.9 Å². The van der Waals surface area contributed by atoms with Crippen LogP contribution < -0.4 is 11.1 Å². The highest BCUT2D eigenvalue weighted by Crippen LogP contribution is 2.30. The zero-order chi connectivity index (χ0) is 14.7. The van der Waals surface area contributed by atoms with Crippen molar-refractivity contribution in [2.75, 3.05) is 12.3 Å². The Morgan fingerprint density at radius 2 is 2.10 bits per heavy atom. The number of nitrogens with two attached hydrogens (primary N) is 1. The highest BCUT2D eigenvalue weighted by molar-refractivity contribution is 5.96. The number of fused-ring (bicyclic) bond motifs is 1. The summed E-state index contributed by atoms with van der Waals surface area (Å²) in [7, 11) is 0. The Kier molecular flexibility index (Phi) is 3.81. The minimum atomic E-state index is -0.261. The van der Waals surface area contributed by atoms with Crippen LogP contribution in [0.25, 0.3) is 0 Å². The van der Waals surface area contributed by atoms with Gasteiger partial charge >= 0.3 is 0 Å². The maximum atomic E-state index is 12.1. The number of rotatable bonds is 3. The van der Waals surface area contributed by atoms with Crippen molar-refractivity contribution in [2.24, 2.45) is 0 Å². The van der Waals surface area contributed by atoms with Crippen LogP contribution in [0.4, 0.5) is 5.82 Å². The molecule has 2 aromatic rings. The highest BCUT2D eigenvalue weighted by atomic mass is 16.1. The number of carbonyl (C=O) groups excluding carboxylic acids is 1. The van der Waals surface area contributed by atoms with Crippen LogP contribution in [0.5, 0.6) is 0 Å². The van der Waals surface area contributed by atoms with Crippen LogP contribution in [0.1, 0.15) is 40.4 Å². The standard InChI is InChI=1S/C16H18N4O/c17-15-14(18-8-9-19-15)16(21)20-10-12-6-3-5-11-4-1-2-7-13(11)12/h1-2,4,7-9,12H,3,5-6,10H2,(H2,17,19)(H,20,21). The molecule has 0 spiro atoms. The number of nitrogens with zero attached hydrogens (tertiary/aromatic N) is 2. The Hall–Kier alpha value is -2.43. The number of nitrogen functional groups attached to an aromatic ring is 1. The van der Waals surface area contributed by atoms with Crippen LogP contribution in [-0.4, -0.2) is 22.4 Å². The fourth-order valence-corrected chi connectivity index (χ4v) is 2.89. The van der Waals surface area contributed by atoms with Gasteiger partial charge in [0.1, 0.15) is 0 Å². The summed E-state index contributed by atoms with van der Waals surface area (Å²) < 4.78 is 0. The van der Waals surface area contributed by atoms with E-state index in [1.54, 1.807) is 0 Å². The number of carbonyl (C=O) groups is 1. The molecule has 1 unspecified atom stereocenters. The summed E-state index contributed by atoms with van der Waals surface area (Å²) >= 11 is 0. The maximum absolute atomic E-state index is 12.1. The molecule has 0 saturated heterocycles. The van der Waals surface area contributed by atoms with Crippen LogP contribution in [-0.2, 0) is 6.42 Å². The zero-order valence-electron chi connectivity index (χ0n) is 11.7. The molecule has 5 heteroatoms. The fourth-order valence-electron chi connectivity index (χ4n) is 2.89. The van der Waals surface area contributed by atoms with Crippen LogP contribution >= 0.6 is 0 Å². The third-order valence-corrected chi connectivity index (χ3v) is 3.94. The third-order valence-electron chi connectivity index (χ3n) is 3.94. The number of benzene rings is 1. The van der Waals surface area contributed by atoms with E-state index in [2.05, 4.69) is 39.6 Å². The lowest BCUT2D eigenvalue weighted by Gasteiger charge is -2.25. The largest absolute Gasteiger partial charge is 0.382 e. The first-order valence-electron chi connectivity index (χ1n) is 7.18. The van der Waals surface area contributed by atoms with E-state index in [1.807, 2.05) is 0 Å². The SMILES string of the molecule is Nc1nccnc1C(=O)NCC1CCCc2ccccc21. The van der Waals surface area contributed by atoms with E-state index in [1.165, 1.54) is 23.5 Å². The van der Waals surface area contributed by atoms with E-state index in [4.69, 9.17) is 5.73 Å². The summed E-state index contributed by atoms with van der Waals surface area (Å²) in [5.74, 6) is 0.263. The fraction of sp³-hybridized carbons (Fsp3) is 0.312. The minimum Gasteiger partial charge on any atom is -0.382 e. The molecule has 3 N–H and O–H groups in total.